The van der Waals surface area contributed by atoms with Crippen molar-refractivity contribution in [2.75, 3.05) is 19.0 Å². The summed E-state index contributed by atoms with van der Waals surface area (Å²) in [6.45, 7) is 1.92. The maximum absolute atomic E-state index is 13.5. The molecule has 0 fully saturated rings. The Balaban J connectivity index is 1.63. The summed E-state index contributed by atoms with van der Waals surface area (Å²) in [4.78, 5) is 29.2. The summed E-state index contributed by atoms with van der Waals surface area (Å²) in [6.07, 6.45) is -1.71. The fourth-order valence-corrected chi connectivity index (χ4v) is 3.75. The topological polar surface area (TPSA) is 97.6 Å². The third-order valence-corrected chi connectivity index (χ3v) is 5.36. The Bertz CT molecular complexity index is 1430. The Kier molecular flexibility index (Phi) is 7.02. The number of amides is 1. The van der Waals surface area contributed by atoms with Crippen molar-refractivity contribution in [1.82, 2.24) is 19.9 Å². The number of benzene rings is 2. The number of hydrogen-bond acceptors (Lipinski definition) is 6. The molecule has 1 amide bonds. The van der Waals surface area contributed by atoms with E-state index in [1.54, 1.807) is 44.3 Å². The van der Waals surface area contributed by atoms with Crippen LogP contribution in [0.2, 0.25) is 0 Å². The van der Waals surface area contributed by atoms with Crippen molar-refractivity contribution in [3.63, 3.8) is 0 Å². The van der Waals surface area contributed by atoms with Crippen LogP contribution in [0.5, 0.6) is 0 Å². The molecule has 0 unspecified atom stereocenters. The highest BCUT2D eigenvalue weighted by Crippen LogP contribution is 2.33. The van der Waals surface area contributed by atoms with Crippen molar-refractivity contribution in [3.8, 4) is 11.3 Å². The molecule has 0 bridgehead atoms. The monoisotopic (exact) mass is 497 g/mol. The van der Waals surface area contributed by atoms with Crippen LogP contribution in [-0.2, 0) is 17.5 Å². The molecule has 0 saturated carbocycles. The Labute approximate surface area is 204 Å². The second kappa shape index (κ2) is 10.2. The van der Waals surface area contributed by atoms with Crippen LogP contribution in [0.3, 0.4) is 0 Å². The van der Waals surface area contributed by atoms with Gasteiger partial charge >= 0.3 is 12.1 Å². The second-order valence-electron chi connectivity index (χ2n) is 7.78. The third kappa shape index (κ3) is 5.05. The number of alkyl halides is 3. The number of rotatable bonds is 7. The Morgan fingerprint density at radius 3 is 2.64 bits per heavy atom. The molecule has 0 aliphatic carbocycles. The standard InChI is InChI=1S/C25H22F3N5O3/c1-3-36-24(35)19-14-31-33-21(9-10-30-22(19)33)15-5-4-6-18(11-15)32-23(34)16-7-8-17(13-29-2)20(12-16)25(26,27)28/h4-12,14,29H,3,13H2,1-2H3,(H,32,34). The van der Waals surface area contributed by atoms with Crippen molar-refractivity contribution in [2.45, 2.75) is 19.6 Å². The van der Waals surface area contributed by atoms with Gasteiger partial charge in [-0.15, -0.1) is 0 Å². The number of aromatic nitrogens is 3. The van der Waals surface area contributed by atoms with Crippen LogP contribution in [0.1, 0.15) is 38.8 Å². The summed E-state index contributed by atoms with van der Waals surface area (Å²) in [5, 5.41) is 9.59. The van der Waals surface area contributed by atoms with Crippen molar-refractivity contribution >= 4 is 23.2 Å². The van der Waals surface area contributed by atoms with Gasteiger partial charge in [-0.1, -0.05) is 18.2 Å². The number of nitrogens with zero attached hydrogens (tertiary/aromatic N) is 3. The molecule has 0 saturated heterocycles. The number of carbonyl (C=O) groups excluding carboxylic acids is 2. The zero-order valence-corrected chi connectivity index (χ0v) is 19.4. The normalized spacial score (nSPS) is 11.5. The fourth-order valence-electron chi connectivity index (χ4n) is 3.75. The van der Waals surface area contributed by atoms with E-state index in [2.05, 4.69) is 20.7 Å². The summed E-state index contributed by atoms with van der Waals surface area (Å²) in [7, 11) is 1.55. The van der Waals surface area contributed by atoms with Crippen LogP contribution in [-0.4, -0.2) is 40.1 Å². The van der Waals surface area contributed by atoms with E-state index in [9.17, 15) is 22.8 Å². The van der Waals surface area contributed by atoms with Crippen LogP contribution in [0.4, 0.5) is 18.9 Å². The molecule has 4 aromatic rings. The minimum atomic E-state index is -4.60. The van der Waals surface area contributed by atoms with Crippen LogP contribution in [0.15, 0.2) is 60.9 Å². The van der Waals surface area contributed by atoms with Crippen molar-refractivity contribution in [3.05, 3.63) is 83.2 Å². The molecular weight excluding hydrogens is 475 g/mol. The van der Waals surface area contributed by atoms with Crippen LogP contribution >= 0.6 is 0 Å². The number of carbonyl (C=O) groups is 2. The quantitative estimate of drug-likeness (QED) is 0.363. The van der Waals surface area contributed by atoms with E-state index in [1.165, 1.54) is 29.0 Å². The SMILES string of the molecule is CCOC(=O)c1cnn2c(-c3cccc(NC(=O)c4ccc(CNC)c(C(F)(F)F)c4)c3)ccnc12. The Morgan fingerprint density at radius 2 is 1.92 bits per heavy atom. The highest BCUT2D eigenvalue weighted by molar-refractivity contribution is 6.04. The van der Waals surface area contributed by atoms with Crippen LogP contribution < -0.4 is 10.6 Å². The summed E-state index contributed by atoms with van der Waals surface area (Å²) in [6, 6.07) is 11.9. The van der Waals surface area contributed by atoms with Gasteiger partial charge in [-0.25, -0.2) is 14.3 Å². The van der Waals surface area contributed by atoms with Gasteiger partial charge in [-0.3, -0.25) is 4.79 Å². The number of fused-ring (bicyclic) bond motifs is 1. The minimum Gasteiger partial charge on any atom is -0.462 e. The average Bonchev–Trinajstić information content (AvgIpc) is 3.28. The zero-order valence-electron chi connectivity index (χ0n) is 19.4. The van der Waals surface area contributed by atoms with E-state index in [1.807, 2.05) is 0 Å². The van der Waals surface area contributed by atoms with Gasteiger partial charge in [-0.05, 0) is 49.9 Å². The molecule has 2 heterocycles. The molecule has 11 heteroatoms. The summed E-state index contributed by atoms with van der Waals surface area (Å²) < 4.78 is 47.0. The number of nitrogens with one attached hydrogen (secondary N) is 2. The van der Waals surface area contributed by atoms with E-state index >= 15 is 0 Å². The lowest BCUT2D eigenvalue weighted by Gasteiger charge is -2.14. The third-order valence-electron chi connectivity index (χ3n) is 5.36. The smallest absolute Gasteiger partial charge is 0.416 e. The second-order valence-corrected chi connectivity index (χ2v) is 7.78. The van der Waals surface area contributed by atoms with Crippen molar-refractivity contribution < 1.29 is 27.5 Å². The lowest BCUT2D eigenvalue weighted by molar-refractivity contribution is -0.138. The first-order valence-corrected chi connectivity index (χ1v) is 11.0. The molecule has 186 valence electrons. The maximum Gasteiger partial charge on any atom is 0.416 e. The van der Waals surface area contributed by atoms with Gasteiger partial charge in [0.1, 0.15) is 5.56 Å². The van der Waals surface area contributed by atoms with Gasteiger partial charge in [-0.2, -0.15) is 18.3 Å². The fraction of sp³-hybridized carbons (Fsp3) is 0.200. The van der Waals surface area contributed by atoms with Gasteiger partial charge in [0.15, 0.2) is 5.65 Å². The number of halogens is 3. The summed E-state index contributed by atoms with van der Waals surface area (Å²) >= 11 is 0. The van der Waals surface area contributed by atoms with E-state index in [0.29, 0.717) is 22.6 Å². The minimum absolute atomic E-state index is 0.0184. The molecule has 4 rings (SSSR count). The van der Waals surface area contributed by atoms with Gasteiger partial charge in [0.2, 0.25) is 0 Å². The number of ether oxygens (including phenoxy) is 1. The largest absolute Gasteiger partial charge is 0.462 e. The van der Waals surface area contributed by atoms with Crippen molar-refractivity contribution in [2.24, 2.45) is 0 Å². The molecule has 0 radical (unpaired) electrons. The van der Waals surface area contributed by atoms with Gasteiger partial charge in [0.05, 0.1) is 24.1 Å². The maximum atomic E-state index is 13.5. The molecular formula is C25H22F3N5O3. The Hall–Kier alpha value is -4.25. The Morgan fingerprint density at radius 1 is 1.11 bits per heavy atom. The number of anilines is 1. The van der Waals surface area contributed by atoms with E-state index in [4.69, 9.17) is 4.74 Å². The number of esters is 1. The van der Waals surface area contributed by atoms with Gasteiger partial charge in [0, 0.05) is 29.6 Å². The van der Waals surface area contributed by atoms with E-state index in [0.717, 1.165) is 6.07 Å². The highest BCUT2D eigenvalue weighted by Gasteiger charge is 2.34. The van der Waals surface area contributed by atoms with E-state index < -0.39 is 23.6 Å². The zero-order chi connectivity index (χ0) is 25.9. The van der Waals surface area contributed by atoms with E-state index in [-0.39, 0.29) is 29.8 Å². The first-order chi connectivity index (χ1) is 17.2. The molecule has 0 aliphatic heterocycles. The molecule has 0 aliphatic rings. The molecule has 36 heavy (non-hydrogen) atoms. The summed E-state index contributed by atoms with van der Waals surface area (Å²) in [5.74, 6) is -1.23. The first kappa shape index (κ1) is 24.9. The molecule has 2 N–H and O–H groups in total. The molecule has 2 aromatic carbocycles. The van der Waals surface area contributed by atoms with Crippen LogP contribution in [0.25, 0.3) is 16.9 Å². The highest BCUT2D eigenvalue weighted by atomic mass is 19.4. The molecule has 2 aromatic heterocycles. The summed E-state index contributed by atoms with van der Waals surface area (Å²) in [5.41, 5.74) is 1.17. The predicted octanol–water partition coefficient (Wildman–Crippen LogP) is 4.56. The number of hydrogen-bond donors (Lipinski definition) is 2. The molecule has 0 atom stereocenters. The van der Waals surface area contributed by atoms with Crippen molar-refractivity contribution in [1.29, 1.82) is 0 Å². The van der Waals surface area contributed by atoms with Gasteiger partial charge < -0.3 is 15.4 Å². The molecule has 8 nitrogen and oxygen atoms in total. The lowest BCUT2D eigenvalue weighted by Crippen LogP contribution is -2.17. The molecule has 0 spiro atoms. The van der Waals surface area contributed by atoms with Crippen LogP contribution in [0, 0.1) is 0 Å². The lowest BCUT2D eigenvalue weighted by atomic mass is 10.0. The average molecular weight is 497 g/mol. The van der Waals surface area contributed by atoms with Gasteiger partial charge in [0.25, 0.3) is 5.91 Å². The first-order valence-electron chi connectivity index (χ1n) is 11.0. The predicted molar refractivity (Wildman–Crippen MR) is 127 cm³/mol.